The molecular weight excluding hydrogens is 355 g/mol. The van der Waals surface area contributed by atoms with Crippen molar-refractivity contribution in [3.8, 4) is 0 Å². The number of allylic oxidation sites excluding steroid dienone is 2. The van der Waals surface area contributed by atoms with Crippen LogP contribution in [0.15, 0.2) is 35.4 Å². The average molecular weight is 379 g/mol. The van der Waals surface area contributed by atoms with Crippen molar-refractivity contribution in [1.29, 1.82) is 0 Å². The molecule has 0 radical (unpaired) electrons. The van der Waals surface area contributed by atoms with Crippen LogP contribution in [0.2, 0.25) is 0 Å². The van der Waals surface area contributed by atoms with E-state index in [1.54, 1.807) is 6.08 Å². The van der Waals surface area contributed by atoms with E-state index >= 15 is 0 Å². The number of carbonyl (C=O) groups excluding carboxylic acids is 1. The van der Waals surface area contributed by atoms with E-state index in [4.69, 9.17) is 11.6 Å². The van der Waals surface area contributed by atoms with Crippen LogP contribution >= 0.6 is 11.6 Å². The monoisotopic (exact) mass is 378 g/mol. The summed E-state index contributed by atoms with van der Waals surface area (Å²) in [6, 6.07) is -0.394. The molecule has 1 aliphatic carbocycles. The second-order valence-corrected chi connectivity index (χ2v) is 7.22. The third kappa shape index (κ3) is 4.18. The predicted molar refractivity (Wildman–Crippen MR) is 102 cm³/mol. The van der Waals surface area contributed by atoms with E-state index in [0.29, 0.717) is 19.5 Å². The highest BCUT2D eigenvalue weighted by atomic mass is 35.5. The van der Waals surface area contributed by atoms with Crippen molar-refractivity contribution in [3.05, 3.63) is 46.5 Å². The molecule has 1 unspecified atom stereocenters. The summed E-state index contributed by atoms with van der Waals surface area (Å²) in [6.07, 6.45) is 8.04. The Bertz CT molecular complexity index is 729. The van der Waals surface area contributed by atoms with Crippen LogP contribution < -0.4 is 10.2 Å². The van der Waals surface area contributed by atoms with Gasteiger partial charge in [-0.1, -0.05) is 11.6 Å². The molecule has 1 aliphatic heterocycles. The number of anilines is 1. The summed E-state index contributed by atoms with van der Waals surface area (Å²) in [7, 11) is 0. The molecule has 0 saturated carbocycles. The SMILES string of the molecule is Cc1cncc(C)c1N1CCCN(C(=O)NC2C=C(Cl)C(F)=CC2)CC1. The molecule has 2 amide bonds. The number of aryl methyl sites for hydroxylation is 2. The van der Waals surface area contributed by atoms with Crippen molar-refractivity contribution in [1.82, 2.24) is 15.2 Å². The highest BCUT2D eigenvalue weighted by Gasteiger charge is 2.23. The molecule has 1 fully saturated rings. The first-order valence-corrected chi connectivity index (χ1v) is 9.28. The molecule has 5 nitrogen and oxygen atoms in total. The summed E-state index contributed by atoms with van der Waals surface area (Å²) in [5, 5.41) is 2.99. The van der Waals surface area contributed by atoms with Gasteiger partial charge in [0.1, 0.15) is 5.83 Å². The minimum Gasteiger partial charge on any atom is -0.369 e. The number of nitrogens with one attached hydrogen (secondary N) is 1. The molecule has 1 aromatic rings. The van der Waals surface area contributed by atoms with Gasteiger partial charge in [0.05, 0.1) is 11.1 Å². The summed E-state index contributed by atoms with van der Waals surface area (Å²) < 4.78 is 13.3. The number of aromatic nitrogens is 1. The number of carbonyl (C=O) groups is 1. The molecule has 0 bridgehead atoms. The van der Waals surface area contributed by atoms with Crippen molar-refractivity contribution >= 4 is 23.3 Å². The maximum absolute atomic E-state index is 13.3. The van der Waals surface area contributed by atoms with E-state index in [-0.39, 0.29) is 17.1 Å². The minimum atomic E-state index is -0.425. The van der Waals surface area contributed by atoms with Gasteiger partial charge in [0.25, 0.3) is 0 Å². The molecule has 1 saturated heterocycles. The zero-order valence-electron chi connectivity index (χ0n) is 15.1. The number of urea groups is 1. The highest BCUT2D eigenvalue weighted by Crippen LogP contribution is 2.25. The van der Waals surface area contributed by atoms with Crippen molar-refractivity contribution in [2.45, 2.75) is 32.7 Å². The normalized spacial score (nSPS) is 21.0. The Labute approximate surface area is 158 Å². The van der Waals surface area contributed by atoms with Crippen LogP contribution in [0, 0.1) is 13.8 Å². The lowest BCUT2D eigenvalue weighted by atomic mass is 10.1. The van der Waals surface area contributed by atoms with Crippen LogP contribution in [0.5, 0.6) is 0 Å². The van der Waals surface area contributed by atoms with Crippen molar-refractivity contribution in [3.63, 3.8) is 0 Å². The first-order valence-electron chi connectivity index (χ1n) is 8.90. The number of halogens is 2. The van der Waals surface area contributed by atoms with Gasteiger partial charge in [-0.3, -0.25) is 4.98 Å². The van der Waals surface area contributed by atoms with Crippen LogP contribution in [-0.4, -0.2) is 48.1 Å². The van der Waals surface area contributed by atoms with Gasteiger partial charge < -0.3 is 15.1 Å². The van der Waals surface area contributed by atoms with Crippen molar-refractivity contribution in [2.24, 2.45) is 0 Å². The Morgan fingerprint density at radius 2 is 1.96 bits per heavy atom. The smallest absolute Gasteiger partial charge is 0.317 e. The number of rotatable bonds is 2. The van der Waals surface area contributed by atoms with E-state index in [9.17, 15) is 9.18 Å². The molecule has 1 aromatic heterocycles. The molecule has 7 heteroatoms. The largest absolute Gasteiger partial charge is 0.369 e. The van der Waals surface area contributed by atoms with Crippen molar-refractivity contribution < 1.29 is 9.18 Å². The Balaban J connectivity index is 1.61. The third-order valence-corrected chi connectivity index (χ3v) is 5.12. The number of amides is 2. The molecule has 0 spiro atoms. The Morgan fingerprint density at radius 1 is 1.23 bits per heavy atom. The molecule has 1 N–H and O–H groups in total. The zero-order chi connectivity index (χ0) is 18.7. The maximum Gasteiger partial charge on any atom is 0.317 e. The Morgan fingerprint density at radius 3 is 2.65 bits per heavy atom. The quantitative estimate of drug-likeness (QED) is 0.854. The van der Waals surface area contributed by atoms with Gasteiger partial charge in [0.2, 0.25) is 0 Å². The van der Waals surface area contributed by atoms with Crippen LogP contribution in [0.25, 0.3) is 0 Å². The fourth-order valence-corrected chi connectivity index (χ4v) is 3.77. The fraction of sp³-hybridized carbons (Fsp3) is 0.474. The van der Waals surface area contributed by atoms with E-state index in [1.165, 1.54) is 11.8 Å². The zero-order valence-corrected chi connectivity index (χ0v) is 15.9. The second kappa shape index (κ2) is 8.08. The fourth-order valence-electron chi connectivity index (χ4n) is 3.54. The van der Waals surface area contributed by atoms with Gasteiger partial charge in [0, 0.05) is 44.3 Å². The maximum atomic E-state index is 13.3. The van der Waals surface area contributed by atoms with Crippen LogP contribution in [0.4, 0.5) is 14.9 Å². The number of hydrogen-bond acceptors (Lipinski definition) is 3. The average Bonchev–Trinajstić information content (AvgIpc) is 2.84. The molecule has 2 heterocycles. The number of pyridine rings is 1. The number of nitrogens with zero attached hydrogens (tertiary/aromatic N) is 3. The van der Waals surface area contributed by atoms with Crippen molar-refractivity contribution in [2.75, 3.05) is 31.1 Å². The molecule has 140 valence electrons. The molecular formula is C19H24ClFN4O. The molecule has 26 heavy (non-hydrogen) atoms. The Kier molecular flexibility index (Phi) is 5.81. The van der Waals surface area contributed by atoms with Gasteiger partial charge in [-0.2, -0.15) is 0 Å². The summed E-state index contributed by atoms with van der Waals surface area (Å²) in [4.78, 5) is 21.0. The lowest BCUT2D eigenvalue weighted by molar-refractivity contribution is 0.199. The van der Waals surface area contributed by atoms with Crippen LogP contribution in [0.1, 0.15) is 24.0 Å². The summed E-state index contributed by atoms with van der Waals surface area (Å²) in [5.41, 5.74) is 3.52. The van der Waals surface area contributed by atoms with Gasteiger partial charge in [0.15, 0.2) is 0 Å². The molecule has 0 aromatic carbocycles. The van der Waals surface area contributed by atoms with Gasteiger partial charge in [-0.15, -0.1) is 0 Å². The Hall–Kier alpha value is -2.08. The second-order valence-electron chi connectivity index (χ2n) is 6.81. The van der Waals surface area contributed by atoms with E-state index in [2.05, 4.69) is 29.0 Å². The van der Waals surface area contributed by atoms with Gasteiger partial charge in [-0.25, -0.2) is 9.18 Å². The van der Waals surface area contributed by atoms with Gasteiger partial charge >= 0.3 is 6.03 Å². The first-order chi connectivity index (χ1) is 12.5. The lowest BCUT2D eigenvalue weighted by Crippen LogP contribution is -2.46. The lowest BCUT2D eigenvalue weighted by Gasteiger charge is -2.27. The van der Waals surface area contributed by atoms with E-state index in [1.807, 2.05) is 17.3 Å². The third-order valence-electron chi connectivity index (χ3n) is 4.82. The van der Waals surface area contributed by atoms with Gasteiger partial charge in [-0.05, 0) is 50.0 Å². The molecule has 3 rings (SSSR count). The van der Waals surface area contributed by atoms with Crippen LogP contribution in [0.3, 0.4) is 0 Å². The standard InChI is InChI=1S/C19H24ClFN4O/c1-13-11-22-12-14(2)18(13)24-6-3-7-25(9-8-24)19(26)23-15-4-5-17(21)16(20)10-15/h5,10-12,15H,3-4,6-9H2,1-2H3,(H,23,26). The summed E-state index contributed by atoms with van der Waals surface area (Å²) >= 11 is 5.81. The topological polar surface area (TPSA) is 48.5 Å². The van der Waals surface area contributed by atoms with Crippen LogP contribution in [-0.2, 0) is 0 Å². The van der Waals surface area contributed by atoms with E-state index in [0.717, 1.165) is 30.6 Å². The summed E-state index contributed by atoms with van der Waals surface area (Å²) in [6.45, 7) is 7.14. The highest BCUT2D eigenvalue weighted by molar-refractivity contribution is 6.31. The minimum absolute atomic E-state index is 0.0622. The predicted octanol–water partition coefficient (Wildman–Crippen LogP) is 3.67. The number of hydrogen-bond donors (Lipinski definition) is 1. The first kappa shape index (κ1) is 18.7. The molecule has 2 aliphatic rings. The molecule has 1 atom stereocenters. The van der Waals surface area contributed by atoms with E-state index < -0.39 is 5.83 Å². The summed E-state index contributed by atoms with van der Waals surface area (Å²) in [5.74, 6) is -0.425.